The van der Waals surface area contributed by atoms with Crippen LogP contribution in [0.1, 0.15) is 51.3 Å². The van der Waals surface area contributed by atoms with E-state index in [1.54, 1.807) is 4.90 Å². The highest BCUT2D eigenvalue weighted by atomic mass is 16.5. The van der Waals surface area contributed by atoms with Crippen molar-refractivity contribution in [3.63, 3.8) is 0 Å². The molecule has 166 valence electrons. The van der Waals surface area contributed by atoms with Gasteiger partial charge in [0.1, 0.15) is 11.3 Å². The van der Waals surface area contributed by atoms with Crippen molar-refractivity contribution in [2.75, 3.05) is 11.5 Å². The molecule has 1 atom stereocenters. The van der Waals surface area contributed by atoms with Crippen molar-refractivity contribution < 1.29 is 13.9 Å². The van der Waals surface area contributed by atoms with Crippen LogP contribution in [0.4, 0.5) is 5.69 Å². The summed E-state index contributed by atoms with van der Waals surface area (Å²) in [6.45, 7) is 8.37. The molecule has 1 amide bonds. The predicted octanol–water partition coefficient (Wildman–Crippen LogP) is 5.87. The number of carbonyl (C=O) groups is 1. The Hall–Kier alpha value is -3.86. The minimum Gasteiger partial charge on any atom is -0.494 e. The summed E-state index contributed by atoms with van der Waals surface area (Å²) in [4.78, 5) is 29.1. The summed E-state index contributed by atoms with van der Waals surface area (Å²) in [7, 11) is 0. The molecule has 1 unspecified atom stereocenters. The van der Waals surface area contributed by atoms with E-state index in [0.717, 1.165) is 22.3 Å². The first kappa shape index (κ1) is 21.0. The maximum Gasteiger partial charge on any atom is 0.295 e. The number of ether oxygens (including phenoxy) is 1. The van der Waals surface area contributed by atoms with E-state index in [9.17, 15) is 9.59 Å². The molecular formula is C28H25NO4. The summed E-state index contributed by atoms with van der Waals surface area (Å²) in [5.74, 6) is 0.470. The second-order valence-corrected chi connectivity index (χ2v) is 8.53. The van der Waals surface area contributed by atoms with Crippen LogP contribution in [0, 0.1) is 20.8 Å². The van der Waals surface area contributed by atoms with Gasteiger partial charge in [0.05, 0.1) is 23.6 Å². The third-order valence-corrected chi connectivity index (χ3v) is 6.28. The Balaban J connectivity index is 1.80. The molecule has 0 N–H and O–H groups in total. The van der Waals surface area contributed by atoms with E-state index >= 15 is 0 Å². The zero-order valence-corrected chi connectivity index (χ0v) is 19.1. The molecule has 5 rings (SSSR count). The predicted molar refractivity (Wildman–Crippen MR) is 129 cm³/mol. The SMILES string of the molecule is CCOc1cccc(C2c3c(oc4cc(C)c(C)cc4c3=O)C(=O)N2c2ccc(C)cc2)c1. The standard InChI is InChI=1S/C28H25NO4/c1-5-32-21-8-6-7-19(15-21)25-24-26(30)22-13-17(3)18(4)14-23(22)33-27(24)28(31)29(25)20-11-9-16(2)10-12-20/h6-15,25H,5H2,1-4H3. The molecule has 5 heteroatoms. The average molecular weight is 440 g/mol. The van der Waals surface area contributed by atoms with E-state index in [-0.39, 0.29) is 17.1 Å². The maximum absolute atomic E-state index is 13.8. The van der Waals surface area contributed by atoms with Gasteiger partial charge in [0.25, 0.3) is 5.91 Å². The lowest BCUT2D eigenvalue weighted by atomic mass is 9.97. The van der Waals surface area contributed by atoms with Crippen LogP contribution >= 0.6 is 0 Å². The first-order chi connectivity index (χ1) is 15.9. The quantitative estimate of drug-likeness (QED) is 0.399. The van der Waals surface area contributed by atoms with Gasteiger partial charge in [-0.25, -0.2) is 0 Å². The molecule has 0 fully saturated rings. The van der Waals surface area contributed by atoms with Gasteiger partial charge in [-0.2, -0.15) is 0 Å². The lowest BCUT2D eigenvalue weighted by Gasteiger charge is -2.25. The van der Waals surface area contributed by atoms with E-state index in [4.69, 9.17) is 9.15 Å². The number of fused-ring (bicyclic) bond motifs is 2. The maximum atomic E-state index is 13.8. The Bertz CT molecular complexity index is 1450. The van der Waals surface area contributed by atoms with Crippen LogP contribution in [0.15, 0.2) is 69.9 Å². The summed E-state index contributed by atoms with van der Waals surface area (Å²) >= 11 is 0. The fraction of sp³-hybridized carbons (Fsp3) is 0.214. The Morgan fingerprint density at radius 2 is 1.67 bits per heavy atom. The van der Waals surface area contributed by atoms with E-state index in [0.29, 0.717) is 34.6 Å². The molecule has 0 saturated carbocycles. The molecule has 0 spiro atoms. The number of amides is 1. The van der Waals surface area contributed by atoms with E-state index in [1.165, 1.54) is 0 Å². The number of benzene rings is 3. The molecule has 1 aliphatic rings. The monoisotopic (exact) mass is 439 g/mol. The van der Waals surface area contributed by atoms with Gasteiger partial charge in [-0.3, -0.25) is 14.5 Å². The minimum atomic E-state index is -0.613. The van der Waals surface area contributed by atoms with E-state index < -0.39 is 6.04 Å². The summed E-state index contributed by atoms with van der Waals surface area (Å²) < 4.78 is 11.8. The Kier molecular flexibility index (Phi) is 5.05. The van der Waals surface area contributed by atoms with Crippen molar-refractivity contribution in [2.24, 2.45) is 0 Å². The lowest BCUT2D eigenvalue weighted by Crippen LogP contribution is -2.29. The van der Waals surface area contributed by atoms with Crippen LogP contribution in [0.2, 0.25) is 0 Å². The van der Waals surface area contributed by atoms with Gasteiger partial charge < -0.3 is 9.15 Å². The lowest BCUT2D eigenvalue weighted by molar-refractivity contribution is 0.0971. The van der Waals surface area contributed by atoms with Crippen molar-refractivity contribution >= 4 is 22.6 Å². The number of nitrogens with zero attached hydrogens (tertiary/aromatic N) is 1. The van der Waals surface area contributed by atoms with Crippen molar-refractivity contribution in [3.8, 4) is 5.75 Å². The van der Waals surface area contributed by atoms with Crippen molar-refractivity contribution in [3.05, 3.63) is 104 Å². The molecule has 4 aromatic rings. The largest absolute Gasteiger partial charge is 0.494 e. The van der Waals surface area contributed by atoms with Gasteiger partial charge in [0.2, 0.25) is 5.76 Å². The molecule has 0 bridgehead atoms. The number of hydrogen-bond acceptors (Lipinski definition) is 4. The topological polar surface area (TPSA) is 59.8 Å². The second-order valence-electron chi connectivity index (χ2n) is 8.53. The van der Waals surface area contributed by atoms with Gasteiger partial charge in [-0.15, -0.1) is 0 Å². The highest BCUT2D eigenvalue weighted by molar-refractivity contribution is 6.10. The van der Waals surface area contributed by atoms with Gasteiger partial charge in [0.15, 0.2) is 5.43 Å². The highest BCUT2D eigenvalue weighted by Gasteiger charge is 2.43. The van der Waals surface area contributed by atoms with Gasteiger partial charge in [-0.05, 0) is 80.8 Å². The zero-order valence-electron chi connectivity index (χ0n) is 19.1. The zero-order chi connectivity index (χ0) is 23.3. The van der Waals surface area contributed by atoms with Crippen molar-refractivity contribution in [2.45, 2.75) is 33.7 Å². The van der Waals surface area contributed by atoms with Crippen LogP contribution in [0.25, 0.3) is 11.0 Å². The van der Waals surface area contributed by atoms with Crippen molar-refractivity contribution in [1.82, 2.24) is 0 Å². The summed E-state index contributed by atoms with van der Waals surface area (Å²) in [5, 5.41) is 0.487. The molecule has 0 radical (unpaired) electrons. The first-order valence-electron chi connectivity index (χ1n) is 11.1. The van der Waals surface area contributed by atoms with Crippen LogP contribution in [0.3, 0.4) is 0 Å². The van der Waals surface area contributed by atoms with Gasteiger partial charge >= 0.3 is 0 Å². The molecule has 33 heavy (non-hydrogen) atoms. The Morgan fingerprint density at radius 3 is 2.39 bits per heavy atom. The number of carbonyl (C=O) groups excluding carboxylic acids is 1. The number of aryl methyl sites for hydroxylation is 3. The molecule has 3 aromatic carbocycles. The average Bonchev–Trinajstić information content (AvgIpc) is 3.09. The first-order valence-corrected chi connectivity index (χ1v) is 11.1. The van der Waals surface area contributed by atoms with E-state index in [2.05, 4.69) is 0 Å². The Morgan fingerprint density at radius 1 is 0.939 bits per heavy atom. The van der Waals surface area contributed by atoms with Crippen molar-refractivity contribution in [1.29, 1.82) is 0 Å². The molecule has 2 heterocycles. The van der Waals surface area contributed by atoms with Gasteiger partial charge in [-0.1, -0.05) is 29.8 Å². The fourth-order valence-corrected chi connectivity index (χ4v) is 4.46. The Labute approximate surface area is 192 Å². The summed E-state index contributed by atoms with van der Waals surface area (Å²) in [5.41, 5.74) is 5.22. The molecular weight excluding hydrogens is 414 g/mol. The third kappa shape index (κ3) is 3.41. The van der Waals surface area contributed by atoms with Crippen LogP contribution in [-0.2, 0) is 0 Å². The number of hydrogen-bond donors (Lipinski definition) is 0. The van der Waals surface area contributed by atoms with Crippen LogP contribution in [-0.4, -0.2) is 12.5 Å². The van der Waals surface area contributed by atoms with Gasteiger partial charge in [0, 0.05) is 5.69 Å². The normalized spacial score (nSPS) is 15.2. The second kappa shape index (κ2) is 7.93. The molecule has 5 nitrogen and oxygen atoms in total. The van der Waals surface area contributed by atoms with Crippen LogP contribution in [0.5, 0.6) is 5.75 Å². The third-order valence-electron chi connectivity index (χ3n) is 6.28. The van der Waals surface area contributed by atoms with Crippen LogP contribution < -0.4 is 15.1 Å². The molecule has 1 aromatic heterocycles. The van der Waals surface area contributed by atoms with E-state index in [1.807, 2.05) is 88.4 Å². The number of rotatable bonds is 4. The highest BCUT2D eigenvalue weighted by Crippen LogP contribution is 2.42. The summed E-state index contributed by atoms with van der Waals surface area (Å²) in [6, 6.07) is 18.3. The minimum absolute atomic E-state index is 0.100. The fourth-order valence-electron chi connectivity index (χ4n) is 4.46. The smallest absolute Gasteiger partial charge is 0.295 e. The number of anilines is 1. The summed E-state index contributed by atoms with van der Waals surface area (Å²) in [6.07, 6.45) is 0. The molecule has 0 saturated heterocycles. The molecule has 0 aliphatic carbocycles. The molecule has 1 aliphatic heterocycles.